The number of halogens is 1. The molecule has 0 aliphatic rings. The summed E-state index contributed by atoms with van der Waals surface area (Å²) in [5.41, 5.74) is 0. The Morgan fingerprint density at radius 3 is 2.35 bits per heavy atom. The Hall–Kier alpha value is -1.22. The minimum atomic E-state index is -0.0161. The Balaban J connectivity index is 0.00000625. The predicted octanol–water partition coefficient (Wildman–Crippen LogP) is 2.98. The molecule has 0 amide bonds. The molecule has 1 aromatic rings. The summed E-state index contributed by atoms with van der Waals surface area (Å²) in [7, 11) is 3.43. The monoisotopic (exact) mass is 478 g/mol. The lowest BCUT2D eigenvalue weighted by atomic mass is 10.3. The van der Waals surface area contributed by atoms with Crippen LogP contribution in [0.25, 0.3) is 0 Å². The molecule has 0 radical (unpaired) electrons. The van der Waals surface area contributed by atoms with Gasteiger partial charge in [-0.3, -0.25) is 9.89 Å². The molecule has 150 valence electrons. The van der Waals surface area contributed by atoms with Crippen molar-refractivity contribution in [2.45, 2.75) is 39.8 Å². The molecule has 1 rings (SSSR count). The topological polar surface area (TPSA) is 58.1 Å². The first-order chi connectivity index (χ1) is 12.0. The highest BCUT2D eigenvalue weighted by Gasteiger charge is 2.10. The fourth-order valence-corrected chi connectivity index (χ4v) is 2.53. The van der Waals surface area contributed by atoms with Gasteiger partial charge in [0, 0.05) is 26.2 Å². The van der Waals surface area contributed by atoms with Crippen LogP contribution in [0.4, 0.5) is 0 Å². The fraction of sp³-hybridized carbons (Fsp3) is 0.632. The molecule has 0 aromatic heterocycles. The quantitative estimate of drug-likeness (QED) is 0.308. The zero-order chi connectivity index (χ0) is 18.7. The molecule has 0 aliphatic carbocycles. The van der Waals surface area contributed by atoms with Gasteiger partial charge in [-0.05, 0) is 39.4 Å². The van der Waals surface area contributed by atoms with Gasteiger partial charge in [0.25, 0.3) is 0 Å². The Morgan fingerprint density at radius 1 is 1.15 bits per heavy atom. The summed E-state index contributed by atoms with van der Waals surface area (Å²) in [6.45, 7) is 12.2. The third-order valence-corrected chi connectivity index (χ3v) is 4.01. The number of hydrogen-bond acceptors (Lipinski definition) is 4. The lowest BCUT2D eigenvalue weighted by Crippen LogP contribution is -2.45. The van der Waals surface area contributed by atoms with Crippen LogP contribution in [0, 0.1) is 0 Å². The van der Waals surface area contributed by atoms with Crippen LogP contribution in [0.5, 0.6) is 11.5 Å². The highest BCUT2D eigenvalue weighted by Crippen LogP contribution is 2.26. The van der Waals surface area contributed by atoms with Crippen LogP contribution in [-0.4, -0.2) is 63.3 Å². The van der Waals surface area contributed by atoms with Crippen LogP contribution >= 0.6 is 24.0 Å². The SMILES string of the molecule is CCN(CCNC(=NC)NCC(C)Oc1ccccc1OC)C(C)C.I. The van der Waals surface area contributed by atoms with E-state index in [9.17, 15) is 0 Å². The van der Waals surface area contributed by atoms with Crippen LogP contribution in [0.15, 0.2) is 29.3 Å². The van der Waals surface area contributed by atoms with Crippen LogP contribution in [0.2, 0.25) is 0 Å². The van der Waals surface area contributed by atoms with Crippen LogP contribution in [0.1, 0.15) is 27.7 Å². The van der Waals surface area contributed by atoms with E-state index in [1.807, 2.05) is 31.2 Å². The van der Waals surface area contributed by atoms with Gasteiger partial charge in [-0.2, -0.15) is 0 Å². The van der Waals surface area contributed by atoms with Gasteiger partial charge in [0.1, 0.15) is 6.10 Å². The maximum Gasteiger partial charge on any atom is 0.191 e. The maximum absolute atomic E-state index is 5.94. The summed E-state index contributed by atoms with van der Waals surface area (Å²) in [5.74, 6) is 2.28. The Morgan fingerprint density at radius 2 is 1.81 bits per heavy atom. The van der Waals surface area contributed by atoms with E-state index >= 15 is 0 Å². The number of likely N-dealkylation sites (N-methyl/N-ethyl adjacent to an activating group) is 1. The van der Waals surface area contributed by atoms with Gasteiger partial charge >= 0.3 is 0 Å². The summed E-state index contributed by atoms with van der Waals surface area (Å²) in [6.07, 6.45) is -0.0161. The Kier molecular flexibility index (Phi) is 13.3. The zero-order valence-electron chi connectivity index (χ0n) is 16.9. The average molecular weight is 478 g/mol. The molecule has 1 aromatic carbocycles. The van der Waals surface area contributed by atoms with Crippen LogP contribution in [0.3, 0.4) is 0 Å². The minimum Gasteiger partial charge on any atom is -0.493 e. The first kappa shape index (κ1) is 24.8. The molecule has 7 heteroatoms. The highest BCUT2D eigenvalue weighted by molar-refractivity contribution is 14.0. The second-order valence-corrected chi connectivity index (χ2v) is 6.18. The molecule has 1 atom stereocenters. The third kappa shape index (κ3) is 8.93. The van der Waals surface area contributed by atoms with Gasteiger partial charge in [0.05, 0.1) is 13.7 Å². The van der Waals surface area contributed by atoms with Gasteiger partial charge < -0.3 is 20.1 Å². The number of methoxy groups -OCH3 is 1. The molecule has 0 aliphatic heterocycles. The molecule has 26 heavy (non-hydrogen) atoms. The van der Waals surface area contributed by atoms with E-state index in [4.69, 9.17) is 9.47 Å². The summed E-state index contributed by atoms with van der Waals surface area (Å²) in [4.78, 5) is 6.67. The Labute approximate surface area is 175 Å². The molecule has 0 saturated heterocycles. The number of guanidine groups is 1. The maximum atomic E-state index is 5.94. The van der Waals surface area contributed by atoms with E-state index in [1.54, 1.807) is 14.2 Å². The summed E-state index contributed by atoms with van der Waals surface area (Å²) in [6, 6.07) is 8.22. The molecule has 0 bridgehead atoms. The molecule has 1 unspecified atom stereocenters. The number of ether oxygens (including phenoxy) is 2. The molecule has 0 heterocycles. The van der Waals surface area contributed by atoms with Crippen molar-refractivity contribution >= 4 is 29.9 Å². The van der Waals surface area contributed by atoms with Crippen molar-refractivity contribution in [2.75, 3.05) is 40.3 Å². The van der Waals surface area contributed by atoms with Crippen molar-refractivity contribution in [2.24, 2.45) is 4.99 Å². The van der Waals surface area contributed by atoms with Crippen LogP contribution in [-0.2, 0) is 0 Å². The van der Waals surface area contributed by atoms with Crippen molar-refractivity contribution in [1.82, 2.24) is 15.5 Å². The van der Waals surface area contributed by atoms with Crippen LogP contribution < -0.4 is 20.1 Å². The molecule has 6 nitrogen and oxygen atoms in total. The van der Waals surface area contributed by atoms with Gasteiger partial charge in [0.2, 0.25) is 0 Å². The number of nitrogens with one attached hydrogen (secondary N) is 2. The third-order valence-electron chi connectivity index (χ3n) is 4.01. The van der Waals surface area contributed by atoms with Crippen molar-refractivity contribution in [3.8, 4) is 11.5 Å². The summed E-state index contributed by atoms with van der Waals surface area (Å²) >= 11 is 0. The minimum absolute atomic E-state index is 0. The fourth-order valence-electron chi connectivity index (χ4n) is 2.53. The van der Waals surface area contributed by atoms with Gasteiger partial charge in [-0.25, -0.2) is 0 Å². The van der Waals surface area contributed by atoms with E-state index in [0.717, 1.165) is 37.1 Å². The molecular formula is C19H35IN4O2. The molecular weight excluding hydrogens is 443 g/mol. The first-order valence-electron chi connectivity index (χ1n) is 9.00. The smallest absolute Gasteiger partial charge is 0.191 e. The van der Waals surface area contributed by atoms with Gasteiger partial charge in [-0.1, -0.05) is 19.1 Å². The molecule has 0 fully saturated rings. The average Bonchev–Trinajstić information content (AvgIpc) is 2.61. The molecule has 0 spiro atoms. The first-order valence-corrected chi connectivity index (χ1v) is 9.00. The van der Waals surface area contributed by atoms with E-state index in [1.165, 1.54) is 0 Å². The number of rotatable bonds is 10. The molecule has 2 N–H and O–H groups in total. The largest absolute Gasteiger partial charge is 0.493 e. The van der Waals surface area contributed by atoms with Gasteiger partial charge in [0.15, 0.2) is 17.5 Å². The normalized spacial score (nSPS) is 12.5. The second-order valence-electron chi connectivity index (χ2n) is 6.18. The summed E-state index contributed by atoms with van der Waals surface area (Å²) in [5, 5.41) is 6.65. The van der Waals surface area contributed by atoms with Crippen molar-refractivity contribution in [3.05, 3.63) is 24.3 Å². The summed E-state index contributed by atoms with van der Waals surface area (Å²) < 4.78 is 11.3. The van der Waals surface area contributed by atoms with E-state index in [-0.39, 0.29) is 30.1 Å². The number of hydrogen-bond donors (Lipinski definition) is 2. The Bertz CT molecular complexity index is 526. The lowest BCUT2D eigenvalue weighted by molar-refractivity contribution is 0.213. The van der Waals surface area contributed by atoms with E-state index in [0.29, 0.717) is 12.6 Å². The number of aliphatic imine (C=N–C) groups is 1. The highest BCUT2D eigenvalue weighted by atomic mass is 127. The predicted molar refractivity (Wildman–Crippen MR) is 120 cm³/mol. The number of nitrogens with zero attached hydrogens (tertiary/aromatic N) is 2. The van der Waals surface area contributed by atoms with Crippen molar-refractivity contribution < 1.29 is 9.47 Å². The van der Waals surface area contributed by atoms with E-state index in [2.05, 4.69) is 41.3 Å². The zero-order valence-corrected chi connectivity index (χ0v) is 19.2. The second kappa shape index (κ2) is 13.9. The molecule has 0 saturated carbocycles. The van der Waals surface area contributed by atoms with Gasteiger partial charge in [-0.15, -0.1) is 24.0 Å². The van der Waals surface area contributed by atoms with Crippen molar-refractivity contribution in [1.29, 1.82) is 0 Å². The van der Waals surface area contributed by atoms with Crippen molar-refractivity contribution in [3.63, 3.8) is 0 Å². The lowest BCUT2D eigenvalue weighted by Gasteiger charge is -2.25. The standard InChI is InChI=1S/C19H34N4O2.HI/c1-7-23(15(2)3)13-12-21-19(20-5)22-14-16(4)25-18-11-9-8-10-17(18)24-6;/h8-11,15-16H,7,12-14H2,1-6H3,(H2,20,21,22);1H. The number of benzene rings is 1. The number of para-hydroxylation sites is 2. The van der Waals surface area contributed by atoms with E-state index < -0.39 is 0 Å².